The molecule has 0 aliphatic heterocycles. The van der Waals surface area contributed by atoms with Gasteiger partial charge >= 0.3 is 0 Å². The number of H-pyrrole nitrogens is 1. The van der Waals surface area contributed by atoms with Crippen molar-refractivity contribution in [3.63, 3.8) is 0 Å². The van der Waals surface area contributed by atoms with Gasteiger partial charge in [-0.25, -0.2) is 0 Å². The van der Waals surface area contributed by atoms with Gasteiger partial charge in [0.05, 0.1) is 6.10 Å². The van der Waals surface area contributed by atoms with Crippen molar-refractivity contribution in [3.8, 4) is 11.1 Å². The first kappa shape index (κ1) is 14.4. The van der Waals surface area contributed by atoms with Gasteiger partial charge in [0, 0.05) is 22.9 Å². The molecule has 1 fully saturated rings. The zero-order valence-corrected chi connectivity index (χ0v) is 12.9. The molecule has 3 rings (SSSR count). The number of nitrogen functional groups attached to an aromatic ring is 1. The van der Waals surface area contributed by atoms with Gasteiger partial charge < -0.3 is 10.5 Å². The lowest BCUT2D eigenvalue weighted by Gasteiger charge is -2.34. The fourth-order valence-electron chi connectivity index (χ4n) is 3.01. The quantitative estimate of drug-likeness (QED) is 0.886. The molecular weight excluding hydrogens is 286 g/mol. The summed E-state index contributed by atoms with van der Waals surface area (Å²) in [6.07, 6.45) is 3.61. The molecule has 0 saturated heterocycles. The van der Waals surface area contributed by atoms with Crippen molar-refractivity contribution in [1.82, 2.24) is 10.2 Å². The van der Waals surface area contributed by atoms with Crippen LogP contribution in [0, 0.1) is 5.92 Å². The van der Waals surface area contributed by atoms with Crippen LogP contribution in [0.2, 0.25) is 5.02 Å². The monoisotopic (exact) mass is 305 g/mol. The van der Waals surface area contributed by atoms with E-state index in [1.54, 1.807) is 0 Å². The molecule has 0 bridgehead atoms. The maximum Gasteiger partial charge on any atom is 0.153 e. The van der Waals surface area contributed by atoms with Crippen LogP contribution in [-0.2, 0) is 11.2 Å². The fourth-order valence-corrected chi connectivity index (χ4v) is 3.20. The molecule has 1 aromatic heterocycles. The first-order valence-corrected chi connectivity index (χ1v) is 7.75. The number of rotatable bonds is 5. The molecule has 0 spiro atoms. The van der Waals surface area contributed by atoms with Gasteiger partial charge in [-0.2, -0.15) is 5.10 Å². The van der Waals surface area contributed by atoms with Gasteiger partial charge in [0.1, 0.15) is 0 Å². The Kier molecular flexibility index (Phi) is 4.17. The smallest absolute Gasteiger partial charge is 0.153 e. The second kappa shape index (κ2) is 6.08. The van der Waals surface area contributed by atoms with E-state index in [2.05, 4.69) is 10.2 Å². The molecule has 21 heavy (non-hydrogen) atoms. The number of aromatic nitrogens is 2. The first-order chi connectivity index (χ1) is 10.2. The van der Waals surface area contributed by atoms with Crippen molar-refractivity contribution in [3.05, 3.63) is 35.0 Å². The van der Waals surface area contributed by atoms with Crippen LogP contribution in [0.1, 0.15) is 25.5 Å². The van der Waals surface area contributed by atoms with Crippen LogP contribution in [0.5, 0.6) is 0 Å². The van der Waals surface area contributed by atoms with Crippen molar-refractivity contribution in [1.29, 1.82) is 0 Å². The molecule has 1 aliphatic carbocycles. The van der Waals surface area contributed by atoms with Gasteiger partial charge in [-0.05, 0) is 49.8 Å². The van der Waals surface area contributed by atoms with Gasteiger partial charge in [0.25, 0.3) is 0 Å². The number of halogens is 1. The Bertz CT molecular complexity index is 620. The zero-order chi connectivity index (χ0) is 14.8. The van der Waals surface area contributed by atoms with Gasteiger partial charge in [-0.1, -0.05) is 23.7 Å². The lowest BCUT2D eigenvalue weighted by atomic mass is 9.78. The predicted molar refractivity (Wildman–Crippen MR) is 85.3 cm³/mol. The van der Waals surface area contributed by atoms with Crippen LogP contribution in [0.3, 0.4) is 0 Å². The second-order valence-electron chi connectivity index (χ2n) is 5.59. The summed E-state index contributed by atoms with van der Waals surface area (Å²) in [5.41, 5.74) is 9.12. The summed E-state index contributed by atoms with van der Waals surface area (Å²) < 4.78 is 5.61. The molecule has 1 aliphatic rings. The Morgan fingerprint density at radius 2 is 2.24 bits per heavy atom. The van der Waals surface area contributed by atoms with Crippen molar-refractivity contribution in [2.24, 2.45) is 5.92 Å². The number of anilines is 1. The number of hydrogen-bond acceptors (Lipinski definition) is 3. The van der Waals surface area contributed by atoms with Crippen LogP contribution < -0.4 is 5.73 Å². The summed E-state index contributed by atoms with van der Waals surface area (Å²) in [4.78, 5) is 0. The highest BCUT2D eigenvalue weighted by Crippen LogP contribution is 2.36. The van der Waals surface area contributed by atoms with Gasteiger partial charge in [0.15, 0.2) is 5.82 Å². The molecule has 1 saturated carbocycles. The van der Waals surface area contributed by atoms with E-state index in [-0.39, 0.29) is 0 Å². The van der Waals surface area contributed by atoms with E-state index in [4.69, 9.17) is 22.1 Å². The molecular formula is C16H20ClN3O. The molecule has 0 radical (unpaired) electrons. The second-order valence-corrected chi connectivity index (χ2v) is 6.03. The van der Waals surface area contributed by atoms with Crippen LogP contribution in [-0.4, -0.2) is 22.9 Å². The third-order valence-corrected chi connectivity index (χ3v) is 4.31. The van der Waals surface area contributed by atoms with E-state index in [0.717, 1.165) is 42.7 Å². The molecule has 4 nitrogen and oxygen atoms in total. The van der Waals surface area contributed by atoms with Gasteiger partial charge in [-0.3, -0.25) is 5.10 Å². The maximum absolute atomic E-state index is 6.08. The lowest BCUT2D eigenvalue weighted by Crippen LogP contribution is -2.32. The average molecular weight is 306 g/mol. The number of aromatic amines is 1. The number of nitrogens with one attached hydrogen (secondary N) is 1. The molecule has 1 heterocycles. The lowest BCUT2D eigenvalue weighted by molar-refractivity contribution is -0.0242. The van der Waals surface area contributed by atoms with E-state index in [1.807, 2.05) is 31.2 Å². The van der Waals surface area contributed by atoms with Crippen LogP contribution in [0.15, 0.2) is 24.3 Å². The van der Waals surface area contributed by atoms with Crippen LogP contribution in [0.25, 0.3) is 11.1 Å². The fraction of sp³-hybridized carbons (Fsp3) is 0.438. The summed E-state index contributed by atoms with van der Waals surface area (Å²) in [6, 6.07) is 7.73. The Balaban J connectivity index is 1.76. The van der Waals surface area contributed by atoms with Crippen molar-refractivity contribution < 1.29 is 4.74 Å². The highest BCUT2D eigenvalue weighted by Gasteiger charge is 2.31. The van der Waals surface area contributed by atoms with E-state index in [0.29, 0.717) is 22.9 Å². The van der Waals surface area contributed by atoms with E-state index >= 15 is 0 Å². The van der Waals surface area contributed by atoms with Gasteiger partial charge in [-0.15, -0.1) is 0 Å². The number of ether oxygens (including phenoxy) is 1. The summed E-state index contributed by atoms with van der Waals surface area (Å²) in [6.45, 7) is 2.84. The first-order valence-electron chi connectivity index (χ1n) is 7.37. The normalized spacial score (nSPS) is 21.2. The van der Waals surface area contributed by atoms with E-state index in [9.17, 15) is 0 Å². The minimum Gasteiger partial charge on any atom is -0.382 e. The Morgan fingerprint density at radius 1 is 1.43 bits per heavy atom. The standard InChI is InChI=1S/C16H20ClN3O/c1-2-21-13-6-10(7-13)8-14-15(16(18)20-19-14)11-4-3-5-12(17)9-11/h3-5,9-10,13H,2,6-8H2,1H3,(H3,18,19,20). The van der Waals surface area contributed by atoms with E-state index in [1.165, 1.54) is 0 Å². The molecule has 2 aromatic rings. The molecule has 1 aromatic carbocycles. The van der Waals surface area contributed by atoms with Gasteiger partial charge in [0.2, 0.25) is 0 Å². The summed E-state index contributed by atoms with van der Waals surface area (Å²) in [5.74, 6) is 1.17. The minimum atomic E-state index is 0.426. The molecule has 0 atom stereocenters. The molecule has 3 N–H and O–H groups in total. The highest BCUT2D eigenvalue weighted by atomic mass is 35.5. The maximum atomic E-state index is 6.08. The molecule has 0 unspecified atom stereocenters. The Labute approximate surface area is 129 Å². The topological polar surface area (TPSA) is 63.9 Å². The molecule has 0 amide bonds. The van der Waals surface area contributed by atoms with Crippen LogP contribution >= 0.6 is 11.6 Å². The largest absolute Gasteiger partial charge is 0.382 e. The zero-order valence-electron chi connectivity index (χ0n) is 12.1. The van der Waals surface area contributed by atoms with Crippen molar-refractivity contribution in [2.45, 2.75) is 32.3 Å². The highest BCUT2D eigenvalue weighted by molar-refractivity contribution is 6.30. The predicted octanol–water partition coefficient (Wildman–Crippen LogP) is 3.67. The molecule has 112 valence electrons. The third kappa shape index (κ3) is 3.06. The summed E-state index contributed by atoms with van der Waals surface area (Å²) in [7, 11) is 0. The molecule has 5 heteroatoms. The SMILES string of the molecule is CCOC1CC(Cc2[nH]nc(N)c2-c2cccc(Cl)c2)C1. The number of nitrogens with two attached hydrogens (primary N) is 1. The Hall–Kier alpha value is -1.52. The van der Waals surface area contributed by atoms with E-state index < -0.39 is 0 Å². The third-order valence-electron chi connectivity index (χ3n) is 4.07. The average Bonchev–Trinajstić information content (AvgIpc) is 2.77. The number of hydrogen-bond donors (Lipinski definition) is 2. The number of benzene rings is 1. The van der Waals surface area contributed by atoms with Crippen molar-refractivity contribution >= 4 is 17.4 Å². The van der Waals surface area contributed by atoms with Crippen LogP contribution in [0.4, 0.5) is 5.82 Å². The Morgan fingerprint density at radius 3 is 2.95 bits per heavy atom. The summed E-state index contributed by atoms with van der Waals surface area (Å²) in [5, 5.41) is 7.95. The minimum absolute atomic E-state index is 0.426. The summed E-state index contributed by atoms with van der Waals surface area (Å²) >= 11 is 6.08. The number of nitrogens with zero attached hydrogens (tertiary/aromatic N) is 1. The van der Waals surface area contributed by atoms with Crippen molar-refractivity contribution in [2.75, 3.05) is 12.3 Å².